The molecule has 11 heteroatoms. The quantitative estimate of drug-likeness (QED) is 0.277. The lowest BCUT2D eigenvalue weighted by atomic mass is 9.71. The Morgan fingerprint density at radius 1 is 1.14 bits per heavy atom. The molecule has 1 aliphatic carbocycles. The van der Waals surface area contributed by atoms with E-state index in [0.29, 0.717) is 65.0 Å². The van der Waals surface area contributed by atoms with Gasteiger partial charge in [-0.05, 0) is 72.7 Å². The van der Waals surface area contributed by atoms with E-state index < -0.39 is 29.3 Å². The summed E-state index contributed by atoms with van der Waals surface area (Å²) >= 11 is 12.7. The Morgan fingerprint density at radius 3 is 2.77 bits per heavy atom. The van der Waals surface area contributed by atoms with Crippen LogP contribution in [0.1, 0.15) is 52.7 Å². The number of fused-ring (bicyclic) bond motifs is 6. The smallest absolute Gasteiger partial charge is 0.335 e. The number of carboxylic acid groups (broad SMARTS) is 1. The van der Waals surface area contributed by atoms with Crippen LogP contribution in [0.5, 0.6) is 5.88 Å². The molecule has 4 aliphatic rings. The zero-order chi connectivity index (χ0) is 29.6. The summed E-state index contributed by atoms with van der Waals surface area (Å²) in [5.74, 6) is -1.68. The van der Waals surface area contributed by atoms with Crippen LogP contribution in [0, 0.1) is 11.7 Å². The van der Waals surface area contributed by atoms with E-state index in [4.69, 9.17) is 33.0 Å². The van der Waals surface area contributed by atoms with Crippen molar-refractivity contribution >= 4 is 51.7 Å². The lowest BCUT2D eigenvalue weighted by Crippen LogP contribution is -2.61. The molecule has 4 heterocycles. The highest BCUT2D eigenvalue weighted by Gasteiger charge is 2.66. The summed E-state index contributed by atoms with van der Waals surface area (Å²) in [4.78, 5) is 28.8. The first-order valence-corrected chi connectivity index (χ1v) is 15.2. The molecular formula is C32H27Cl2FN4O4. The first kappa shape index (κ1) is 26.9. The van der Waals surface area contributed by atoms with E-state index in [1.165, 1.54) is 12.1 Å². The fourth-order valence-corrected chi connectivity index (χ4v) is 7.97. The molecule has 1 aromatic heterocycles. The second-order valence-electron chi connectivity index (χ2n) is 12.1. The molecule has 8 rings (SSSR count). The maximum Gasteiger partial charge on any atom is 0.335 e. The van der Waals surface area contributed by atoms with Crippen LogP contribution in [0.2, 0.25) is 10.0 Å². The lowest BCUT2D eigenvalue weighted by Gasteiger charge is -2.45. The molecule has 1 spiro atoms. The van der Waals surface area contributed by atoms with E-state index in [0.717, 1.165) is 18.4 Å². The number of likely N-dealkylation sites (tertiary alicyclic amines) is 1. The van der Waals surface area contributed by atoms with Gasteiger partial charge < -0.3 is 15.2 Å². The predicted molar refractivity (Wildman–Crippen MR) is 160 cm³/mol. The van der Waals surface area contributed by atoms with Crippen LogP contribution in [0.25, 0.3) is 10.9 Å². The maximum atomic E-state index is 16.2. The third-order valence-corrected chi connectivity index (χ3v) is 10.2. The third kappa shape index (κ3) is 4.01. The highest BCUT2D eigenvalue weighted by Crippen LogP contribution is 2.59. The first-order valence-electron chi connectivity index (χ1n) is 14.4. The Bertz CT molecular complexity index is 1840. The number of anilines is 1. The van der Waals surface area contributed by atoms with Gasteiger partial charge in [-0.25, -0.2) is 13.9 Å². The number of benzene rings is 3. The Hall–Kier alpha value is -3.66. The Balaban J connectivity index is 1.40. The van der Waals surface area contributed by atoms with Crippen molar-refractivity contribution in [2.75, 3.05) is 18.5 Å². The molecule has 4 atom stereocenters. The average Bonchev–Trinajstić information content (AvgIpc) is 3.72. The van der Waals surface area contributed by atoms with E-state index in [-0.39, 0.29) is 22.5 Å². The molecule has 3 aromatic carbocycles. The fourth-order valence-electron chi connectivity index (χ4n) is 7.61. The molecule has 1 saturated carbocycles. The van der Waals surface area contributed by atoms with Crippen LogP contribution in [0.4, 0.5) is 10.1 Å². The molecule has 220 valence electrons. The molecule has 0 bridgehead atoms. The van der Waals surface area contributed by atoms with Crippen molar-refractivity contribution in [3.05, 3.63) is 87.2 Å². The summed E-state index contributed by atoms with van der Waals surface area (Å²) < 4.78 is 24.3. The number of aromatic carboxylic acids is 1. The van der Waals surface area contributed by atoms with Crippen molar-refractivity contribution in [2.24, 2.45) is 5.92 Å². The number of carbonyl (C=O) groups excluding carboxylic acids is 1. The maximum absolute atomic E-state index is 16.2. The number of aromatic nitrogens is 2. The molecular weight excluding hydrogens is 594 g/mol. The van der Waals surface area contributed by atoms with Crippen molar-refractivity contribution in [2.45, 2.75) is 49.2 Å². The summed E-state index contributed by atoms with van der Waals surface area (Å²) in [5, 5.41) is 18.8. The standard InChI is InChI=1S/C32H27Cl2FN4O4/c33-19-8-6-18-14-32(31(42)36-24(18)13-19)26(20-2-1-3-22(34)27(20)35)28-25(38(32)15-16-4-5-16)10-11-43-29-21-12-17(30(40)41)7-9-23(21)37-39(28)29/h1-3,6-9,12-13,16,25-26,28H,4-5,10-11,14-15H2,(H,36,42)(H,40,41)/t25-,26-,28+,32+/m0/s1. The summed E-state index contributed by atoms with van der Waals surface area (Å²) in [6.45, 7) is 1.00. The molecule has 1 amide bonds. The normalized spacial score (nSPS) is 26.4. The monoisotopic (exact) mass is 620 g/mol. The Morgan fingerprint density at radius 2 is 1.98 bits per heavy atom. The molecule has 1 saturated heterocycles. The van der Waals surface area contributed by atoms with Gasteiger partial charge >= 0.3 is 5.97 Å². The van der Waals surface area contributed by atoms with Gasteiger partial charge in [0, 0.05) is 35.6 Å². The van der Waals surface area contributed by atoms with Gasteiger partial charge in [0.25, 0.3) is 0 Å². The zero-order valence-corrected chi connectivity index (χ0v) is 24.4. The summed E-state index contributed by atoms with van der Waals surface area (Å²) in [6.07, 6.45) is 3.06. The molecule has 3 aliphatic heterocycles. The van der Waals surface area contributed by atoms with Gasteiger partial charge in [0.1, 0.15) is 11.4 Å². The van der Waals surface area contributed by atoms with Gasteiger partial charge in [-0.15, -0.1) is 0 Å². The van der Waals surface area contributed by atoms with Crippen LogP contribution < -0.4 is 10.1 Å². The minimum absolute atomic E-state index is 0.0185. The number of hydrogen-bond donors (Lipinski definition) is 2. The largest absolute Gasteiger partial charge is 0.478 e. The Kier molecular flexibility index (Phi) is 6.06. The zero-order valence-electron chi connectivity index (χ0n) is 22.9. The number of nitrogens with zero attached hydrogens (tertiary/aromatic N) is 3. The average molecular weight is 621 g/mol. The third-order valence-electron chi connectivity index (χ3n) is 9.64. The highest BCUT2D eigenvalue weighted by atomic mass is 35.5. The van der Waals surface area contributed by atoms with Crippen LogP contribution in [-0.4, -0.2) is 56.4 Å². The number of nitrogens with one attached hydrogen (secondary N) is 1. The van der Waals surface area contributed by atoms with E-state index in [1.807, 2.05) is 12.1 Å². The number of ether oxygens (including phenoxy) is 1. The molecule has 2 fully saturated rings. The molecule has 4 aromatic rings. The van der Waals surface area contributed by atoms with Crippen molar-refractivity contribution < 1.29 is 23.8 Å². The number of halogens is 3. The molecule has 2 N–H and O–H groups in total. The molecule has 8 nitrogen and oxygen atoms in total. The van der Waals surface area contributed by atoms with Gasteiger partial charge in [-0.2, -0.15) is 5.10 Å². The number of rotatable bonds is 4. The SMILES string of the molecule is O=C(O)c1ccc2nn3c(c2c1)OCC[C@H]1[C@@H]3[C@H](c2cccc(Cl)c2F)[C@@]2(Cc3ccc(Cl)cc3NC2=O)N1CC1CC1. The summed E-state index contributed by atoms with van der Waals surface area (Å²) in [5.41, 5.74) is 1.43. The first-order chi connectivity index (χ1) is 20.8. The van der Waals surface area contributed by atoms with Gasteiger partial charge in [-0.1, -0.05) is 41.4 Å². The number of carboxylic acids is 1. The minimum atomic E-state index is -1.16. The van der Waals surface area contributed by atoms with Crippen molar-refractivity contribution in [3.63, 3.8) is 0 Å². The van der Waals surface area contributed by atoms with Crippen LogP contribution in [0.15, 0.2) is 54.6 Å². The predicted octanol–water partition coefficient (Wildman–Crippen LogP) is 6.32. The summed E-state index contributed by atoms with van der Waals surface area (Å²) in [7, 11) is 0. The molecule has 43 heavy (non-hydrogen) atoms. The fraction of sp³-hybridized carbons (Fsp3) is 0.344. The minimum Gasteiger partial charge on any atom is -0.478 e. The van der Waals surface area contributed by atoms with Crippen LogP contribution >= 0.6 is 23.2 Å². The van der Waals surface area contributed by atoms with Crippen LogP contribution in [-0.2, 0) is 11.2 Å². The molecule has 0 unspecified atom stereocenters. The second kappa shape index (κ2) is 9.67. The van der Waals surface area contributed by atoms with Crippen LogP contribution in [0.3, 0.4) is 0 Å². The van der Waals surface area contributed by atoms with E-state index >= 15 is 4.39 Å². The van der Waals surface area contributed by atoms with E-state index in [2.05, 4.69) is 10.2 Å². The number of carbonyl (C=O) groups is 2. The molecule has 0 radical (unpaired) electrons. The van der Waals surface area contributed by atoms with Crippen molar-refractivity contribution in [1.82, 2.24) is 14.7 Å². The Labute approximate surface area is 256 Å². The van der Waals surface area contributed by atoms with Gasteiger partial charge in [0.15, 0.2) is 0 Å². The van der Waals surface area contributed by atoms with E-state index in [9.17, 15) is 14.7 Å². The van der Waals surface area contributed by atoms with Crippen molar-refractivity contribution in [1.29, 1.82) is 0 Å². The summed E-state index contributed by atoms with van der Waals surface area (Å²) in [6, 6.07) is 14.4. The lowest BCUT2D eigenvalue weighted by molar-refractivity contribution is -0.129. The highest BCUT2D eigenvalue weighted by molar-refractivity contribution is 6.31. The topological polar surface area (TPSA) is 96.7 Å². The van der Waals surface area contributed by atoms with Gasteiger partial charge in [-0.3, -0.25) is 9.69 Å². The van der Waals surface area contributed by atoms with E-state index in [1.54, 1.807) is 35.0 Å². The van der Waals surface area contributed by atoms with Gasteiger partial charge in [0.05, 0.1) is 34.1 Å². The van der Waals surface area contributed by atoms with Crippen molar-refractivity contribution in [3.8, 4) is 5.88 Å². The number of amides is 1. The van der Waals surface area contributed by atoms with Gasteiger partial charge in [0.2, 0.25) is 11.8 Å². The second-order valence-corrected chi connectivity index (χ2v) is 12.9. The number of hydrogen-bond acceptors (Lipinski definition) is 5.